The molecule has 0 saturated carbocycles. The van der Waals surface area contributed by atoms with E-state index in [9.17, 15) is 23.5 Å². The van der Waals surface area contributed by atoms with Gasteiger partial charge < -0.3 is 20.5 Å². The average Bonchev–Trinajstić information content (AvgIpc) is 2.73. The van der Waals surface area contributed by atoms with Crippen molar-refractivity contribution in [3.63, 3.8) is 0 Å². The lowest BCUT2D eigenvalue weighted by atomic mass is 10.1. The Morgan fingerprint density at radius 2 is 2.07 bits per heavy atom. The third-order valence-corrected chi connectivity index (χ3v) is 4.26. The lowest BCUT2D eigenvalue weighted by molar-refractivity contribution is -0.123. The van der Waals surface area contributed by atoms with Crippen LogP contribution in [0.4, 0.5) is 8.78 Å². The zero-order valence-corrected chi connectivity index (χ0v) is 16.5. The first-order valence-electron chi connectivity index (χ1n) is 8.87. The number of nitrogens with one attached hydrogen (secondary N) is 2. The second kappa shape index (κ2) is 11.2. The second-order valence-electron chi connectivity index (χ2n) is 6.17. The van der Waals surface area contributed by atoms with Gasteiger partial charge in [0, 0.05) is 12.6 Å². The van der Waals surface area contributed by atoms with Gasteiger partial charge in [-0.1, -0.05) is 17.7 Å². The fourth-order valence-electron chi connectivity index (χ4n) is 2.35. The van der Waals surface area contributed by atoms with E-state index < -0.39 is 35.6 Å². The van der Waals surface area contributed by atoms with E-state index in [1.54, 1.807) is 0 Å². The van der Waals surface area contributed by atoms with Crippen LogP contribution in [0.25, 0.3) is 0 Å². The quantitative estimate of drug-likeness (QED) is 0.493. The molecule has 2 rings (SSSR count). The molecule has 2 aromatic rings. The highest BCUT2D eigenvalue weighted by molar-refractivity contribution is 6.30. The highest BCUT2D eigenvalue weighted by Gasteiger charge is 2.20. The topological polar surface area (TPSA) is 101 Å². The number of nitrogens with zero attached hydrogens (tertiary/aromatic N) is 1. The molecule has 2 amide bonds. The van der Waals surface area contributed by atoms with Gasteiger partial charge in [-0.05, 0) is 30.7 Å². The van der Waals surface area contributed by atoms with Crippen molar-refractivity contribution < 1.29 is 28.2 Å². The number of benzene rings is 1. The Balaban J connectivity index is 1.74. The van der Waals surface area contributed by atoms with Crippen molar-refractivity contribution in [2.24, 2.45) is 0 Å². The maximum Gasteiger partial charge on any atom is 0.270 e. The van der Waals surface area contributed by atoms with E-state index in [2.05, 4.69) is 22.2 Å². The molecule has 7 nitrogen and oxygen atoms in total. The van der Waals surface area contributed by atoms with Crippen molar-refractivity contribution in [2.75, 3.05) is 13.2 Å². The van der Waals surface area contributed by atoms with Gasteiger partial charge in [-0.25, -0.2) is 13.8 Å². The standard InChI is InChI=1S/C20H20ClF2N3O4/c1-2-16(26-20(29)17-6-3-12(22)10-25-17)18(27)7-8-24-19(28)11-30-13-4-5-14(21)15(23)9-13/h2-6,9-10,16,18,27H,1,7-8,11H2,(H,24,28)(H,26,29). The summed E-state index contributed by atoms with van der Waals surface area (Å²) in [6.07, 6.45) is 1.31. The summed E-state index contributed by atoms with van der Waals surface area (Å²) in [6.45, 7) is 3.30. The van der Waals surface area contributed by atoms with E-state index in [0.29, 0.717) is 0 Å². The average molecular weight is 440 g/mol. The van der Waals surface area contributed by atoms with Crippen LogP contribution in [0.5, 0.6) is 5.75 Å². The van der Waals surface area contributed by atoms with Gasteiger partial charge in [-0.15, -0.1) is 6.58 Å². The normalized spacial score (nSPS) is 12.5. The van der Waals surface area contributed by atoms with E-state index in [-0.39, 0.29) is 36.0 Å². The Bertz CT molecular complexity index is 896. The molecule has 1 aromatic carbocycles. The molecule has 3 N–H and O–H groups in total. The third kappa shape index (κ3) is 7.09. The largest absolute Gasteiger partial charge is 0.484 e. The van der Waals surface area contributed by atoms with Crippen molar-refractivity contribution in [3.8, 4) is 5.75 Å². The summed E-state index contributed by atoms with van der Waals surface area (Å²) in [5.41, 5.74) is -0.0143. The molecule has 0 radical (unpaired) electrons. The molecule has 2 atom stereocenters. The van der Waals surface area contributed by atoms with Crippen molar-refractivity contribution in [1.29, 1.82) is 0 Å². The highest BCUT2D eigenvalue weighted by Crippen LogP contribution is 2.20. The Morgan fingerprint density at radius 1 is 1.30 bits per heavy atom. The molecule has 0 aliphatic carbocycles. The minimum absolute atomic E-state index is 0.0143. The van der Waals surface area contributed by atoms with Gasteiger partial charge in [-0.2, -0.15) is 0 Å². The van der Waals surface area contributed by atoms with Crippen LogP contribution >= 0.6 is 11.6 Å². The van der Waals surface area contributed by atoms with Crippen LogP contribution < -0.4 is 15.4 Å². The molecular weight excluding hydrogens is 420 g/mol. The molecule has 160 valence electrons. The van der Waals surface area contributed by atoms with Gasteiger partial charge in [0.25, 0.3) is 11.8 Å². The summed E-state index contributed by atoms with van der Waals surface area (Å²) >= 11 is 5.57. The number of halogens is 3. The van der Waals surface area contributed by atoms with Crippen molar-refractivity contribution in [2.45, 2.75) is 18.6 Å². The predicted octanol–water partition coefficient (Wildman–Crippen LogP) is 2.24. The second-order valence-corrected chi connectivity index (χ2v) is 6.57. The molecule has 30 heavy (non-hydrogen) atoms. The molecule has 0 aliphatic heterocycles. The number of aromatic nitrogens is 1. The minimum atomic E-state index is -1.04. The van der Waals surface area contributed by atoms with E-state index >= 15 is 0 Å². The summed E-state index contributed by atoms with van der Waals surface area (Å²) in [5, 5.41) is 15.2. The number of amides is 2. The highest BCUT2D eigenvalue weighted by atomic mass is 35.5. The third-order valence-electron chi connectivity index (χ3n) is 3.95. The Labute approximate surface area is 176 Å². The Kier molecular flexibility index (Phi) is 8.70. The predicted molar refractivity (Wildman–Crippen MR) is 106 cm³/mol. The van der Waals surface area contributed by atoms with Gasteiger partial charge >= 0.3 is 0 Å². The molecule has 1 heterocycles. The maximum atomic E-state index is 13.3. The molecule has 0 bridgehead atoms. The van der Waals surface area contributed by atoms with Crippen LogP contribution in [0, 0.1) is 11.6 Å². The molecule has 0 saturated heterocycles. The number of aliphatic hydroxyl groups excluding tert-OH is 1. The first-order chi connectivity index (χ1) is 14.3. The fourth-order valence-corrected chi connectivity index (χ4v) is 2.47. The lowest BCUT2D eigenvalue weighted by Gasteiger charge is -2.21. The number of hydrogen-bond acceptors (Lipinski definition) is 5. The van der Waals surface area contributed by atoms with Crippen molar-refractivity contribution in [1.82, 2.24) is 15.6 Å². The maximum absolute atomic E-state index is 13.3. The summed E-state index contributed by atoms with van der Waals surface area (Å²) in [4.78, 5) is 27.6. The number of carbonyl (C=O) groups excluding carboxylic acids is 2. The first kappa shape index (κ1) is 23.2. The zero-order chi connectivity index (χ0) is 22.1. The van der Waals surface area contributed by atoms with Crippen LogP contribution in [-0.4, -0.2) is 47.2 Å². The van der Waals surface area contributed by atoms with Crippen LogP contribution in [0.1, 0.15) is 16.9 Å². The number of carbonyl (C=O) groups is 2. The molecule has 2 unspecified atom stereocenters. The zero-order valence-electron chi connectivity index (χ0n) is 15.8. The van der Waals surface area contributed by atoms with Crippen molar-refractivity contribution in [3.05, 3.63) is 71.5 Å². The molecule has 1 aromatic heterocycles. The van der Waals surface area contributed by atoms with Gasteiger partial charge in [0.1, 0.15) is 23.1 Å². The molecule has 10 heteroatoms. The van der Waals surface area contributed by atoms with Gasteiger partial charge in [0.2, 0.25) is 0 Å². The van der Waals surface area contributed by atoms with E-state index in [1.165, 1.54) is 24.3 Å². The SMILES string of the molecule is C=CC(NC(=O)c1ccc(F)cn1)C(O)CCNC(=O)COc1ccc(Cl)c(F)c1. The summed E-state index contributed by atoms with van der Waals surface area (Å²) in [6, 6.07) is 5.30. The number of aliphatic hydroxyl groups is 1. The molecule has 0 fully saturated rings. The van der Waals surface area contributed by atoms with E-state index in [0.717, 1.165) is 18.3 Å². The van der Waals surface area contributed by atoms with Crippen LogP contribution in [0.15, 0.2) is 49.2 Å². The Hall–Kier alpha value is -3.04. The lowest BCUT2D eigenvalue weighted by Crippen LogP contribution is -2.43. The minimum Gasteiger partial charge on any atom is -0.484 e. The number of rotatable bonds is 10. The van der Waals surface area contributed by atoms with Crippen molar-refractivity contribution >= 4 is 23.4 Å². The van der Waals surface area contributed by atoms with E-state index in [1.807, 2.05) is 0 Å². The van der Waals surface area contributed by atoms with Gasteiger partial charge in [-0.3, -0.25) is 9.59 Å². The number of hydrogen-bond donors (Lipinski definition) is 3. The smallest absolute Gasteiger partial charge is 0.270 e. The monoisotopic (exact) mass is 439 g/mol. The molecular formula is C20H20ClF2N3O4. The number of pyridine rings is 1. The van der Waals surface area contributed by atoms with Crippen LogP contribution in [-0.2, 0) is 4.79 Å². The Morgan fingerprint density at radius 3 is 2.70 bits per heavy atom. The van der Waals surface area contributed by atoms with E-state index in [4.69, 9.17) is 16.3 Å². The van der Waals surface area contributed by atoms with Gasteiger partial charge in [0.05, 0.1) is 23.4 Å². The molecule has 0 spiro atoms. The summed E-state index contributed by atoms with van der Waals surface area (Å²) < 4.78 is 31.4. The van der Waals surface area contributed by atoms with Crippen LogP contribution in [0.3, 0.4) is 0 Å². The summed E-state index contributed by atoms with van der Waals surface area (Å²) in [5.74, 6) is -2.17. The van der Waals surface area contributed by atoms with Crippen LogP contribution in [0.2, 0.25) is 5.02 Å². The molecule has 0 aliphatic rings. The van der Waals surface area contributed by atoms with Gasteiger partial charge in [0.15, 0.2) is 6.61 Å². The number of ether oxygens (including phenoxy) is 1. The summed E-state index contributed by atoms with van der Waals surface area (Å²) in [7, 11) is 0. The first-order valence-corrected chi connectivity index (χ1v) is 9.25. The fraction of sp³-hybridized carbons (Fsp3) is 0.250.